The highest BCUT2D eigenvalue weighted by molar-refractivity contribution is 6.32. The summed E-state index contributed by atoms with van der Waals surface area (Å²) in [6.07, 6.45) is 5.19. The van der Waals surface area contributed by atoms with Crippen molar-refractivity contribution in [2.45, 2.75) is 32.2 Å². The Balaban J connectivity index is 1.02. The Morgan fingerprint density at radius 2 is 1.84 bits per heavy atom. The van der Waals surface area contributed by atoms with Crippen molar-refractivity contribution in [1.82, 2.24) is 29.3 Å². The third-order valence-corrected chi connectivity index (χ3v) is 8.63. The van der Waals surface area contributed by atoms with Gasteiger partial charge in [0.1, 0.15) is 5.02 Å². The molecule has 1 amide bonds. The molecule has 13 nitrogen and oxygen atoms in total. The Morgan fingerprint density at radius 1 is 1.04 bits per heavy atom. The number of aromatic nitrogens is 6. The summed E-state index contributed by atoms with van der Waals surface area (Å²) in [5, 5.41) is 12.7. The number of carbonyl (C=O) groups is 1. The number of rotatable bonds is 7. The Hall–Kier alpha value is -5.17. The van der Waals surface area contributed by atoms with Crippen LogP contribution in [0.3, 0.4) is 0 Å². The van der Waals surface area contributed by atoms with Gasteiger partial charge in [0.05, 0.1) is 18.1 Å². The molecule has 7 rings (SSSR count). The van der Waals surface area contributed by atoms with E-state index in [-0.39, 0.29) is 11.9 Å². The van der Waals surface area contributed by atoms with Crippen molar-refractivity contribution in [2.24, 2.45) is 7.05 Å². The summed E-state index contributed by atoms with van der Waals surface area (Å²) in [5.41, 5.74) is 3.58. The maximum atomic E-state index is 12.3. The minimum atomic E-state index is -0.534. The van der Waals surface area contributed by atoms with Gasteiger partial charge in [-0.1, -0.05) is 11.6 Å². The summed E-state index contributed by atoms with van der Waals surface area (Å²) in [5.74, 6) is 1.69. The zero-order valence-electron chi connectivity index (χ0n) is 24.7. The van der Waals surface area contributed by atoms with Crippen LogP contribution in [0.1, 0.15) is 25.3 Å². The van der Waals surface area contributed by atoms with Crippen LogP contribution in [0.2, 0.25) is 5.02 Å². The number of hydrogen-bond donors (Lipinski definition) is 3. The van der Waals surface area contributed by atoms with E-state index < -0.39 is 11.2 Å². The van der Waals surface area contributed by atoms with Gasteiger partial charge in [-0.05, 0) is 61.7 Å². The van der Waals surface area contributed by atoms with E-state index in [2.05, 4.69) is 30.6 Å². The molecule has 0 unspecified atom stereocenters. The third-order valence-electron chi connectivity index (χ3n) is 8.36. The summed E-state index contributed by atoms with van der Waals surface area (Å²) in [4.78, 5) is 51.6. The molecular weight excluding hydrogens is 596 g/mol. The van der Waals surface area contributed by atoms with E-state index in [1.165, 1.54) is 16.8 Å². The Morgan fingerprint density at radius 3 is 2.62 bits per heavy atom. The fourth-order valence-electron chi connectivity index (χ4n) is 6.09. The van der Waals surface area contributed by atoms with E-state index in [4.69, 9.17) is 16.6 Å². The van der Waals surface area contributed by atoms with Crippen LogP contribution in [0.15, 0.2) is 64.4 Å². The lowest BCUT2D eigenvalue weighted by Gasteiger charge is -2.33. The highest BCUT2D eigenvalue weighted by Gasteiger charge is 2.26. The van der Waals surface area contributed by atoms with Gasteiger partial charge in [0.2, 0.25) is 11.9 Å². The standard InChI is InChI=1S/C31H31ClN10O3/c1-3-41-24-7-5-20(14-18(24)15-27(41)44)35-28-23(32)17-33-30(37-28)40-11-8-19(9-12-40)34-21-4-6-22-25(16-21)39(2)38-29(22)42-13-10-26(43)36-31(42)45/h4-7,10,13-14,16-17,19,34H,3,8-9,11-12,15H2,1-2H3,(H,33,35,37)(H,36,43,45). The molecule has 230 valence electrons. The second kappa shape index (κ2) is 11.4. The zero-order valence-corrected chi connectivity index (χ0v) is 25.5. The number of benzene rings is 2. The van der Waals surface area contributed by atoms with Gasteiger partial charge >= 0.3 is 5.69 Å². The molecule has 0 spiro atoms. The van der Waals surface area contributed by atoms with Crippen LogP contribution in [0.25, 0.3) is 16.7 Å². The number of anilines is 5. The molecule has 45 heavy (non-hydrogen) atoms. The van der Waals surface area contributed by atoms with Crippen LogP contribution >= 0.6 is 11.6 Å². The molecule has 2 aliphatic rings. The number of nitrogens with zero attached hydrogens (tertiary/aromatic N) is 7. The number of nitrogens with one attached hydrogen (secondary N) is 3. The van der Waals surface area contributed by atoms with Gasteiger partial charge in [-0.2, -0.15) is 10.1 Å². The second-order valence-electron chi connectivity index (χ2n) is 11.2. The first-order valence-electron chi connectivity index (χ1n) is 14.8. The molecule has 0 aliphatic carbocycles. The zero-order chi connectivity index (χ0) is 31.2. The number of hydrogen-bond acceptors (Lipinski definition) is 9. The number of aryl methyl sites for hydroxylation is 1. The molecule has 0 radical (unpaired) electrons. The monoisotopic (exact) mass is 626 g/mol. The first-order chi connectivity index (χ1) is 21.8. The predicted octanol–water partition coefficient (Wildman–Crippen LogP) is 3.59. The smallest absolute Gasteiger partial charge is 0.334 e. The van der Waals surface area contributed by atoms with Crippen molar-refractivity contribution in [3.8, 4) is 5.82 Å². The molecular formula is C31H31ClN10O3. The maximum Gasteiger partial charge on any atom is 0.334 e. The maximum absolute atomic E-state index is 12.3. The number of halogens is 1. The van der Waals surface area contributed by atoms with Gasteiger partial charge in [0.15, 0.2) is 11.6 Å². The predicted molar refractivity (Wildman–Crippen MR) is 174 cm³/mol. The third kappa shape index (κ3) is 5.39. The lowest BCUT2D eigenvalue weighted by Crippen LogP contribution is -2.40. The molecule has 5 heterocycles. The molecule has 0 atom stereocenters. The topological polar surface area (TPSA) is 146 Å². The van der Waals surface area contributed by atoms with Crippen molar-refractivity contribution in [1.29, 1.82) is 0 Å². The average molecular weight is 627 g/mol. The molecule has 3 aromatic heterocycles. The van der Waals surface area contributed by atoms with E-state index in [1.807, 2.05) is 50.4 Å². The lowest BCUT2D eigenvalue weighted by molar-refractivity contribution is -0.117. The molecule has 5 aromatic rings. The van der Waals surface area contributed by atoms with Crippen LogP contribution < -0.4 is 31.7 Å². The van der Waals surface area contributed by atoms with E-state index in [0.29, 0.717) is 35.6 Å². The summed E-state index contributed by atoms with van der Waals surface area (Å²) < 4.78 is 3.06. The molecule has 0 saturated carbocycles. The van der Waals surface area contributed by atoms with Crippen molar-refractivity contribution in [3.63, 3.8) is 0 Å². The van der Waals surface area contributed by atoms with Crippen molar-refractivity contribution in [2.75, 3.05) is 40.1 Å². The molecule has 14 heteroatoms. The number of likely N-dealkylation sites (N-methyl/N-ethyl adjacent to an activating group) is 1. The second-order valence-corrected chi connectivity index (χ2v) is 11.6. The minimum Gasteiger partial charge on any atom is -0.382 e. The normalized spacial score (nSPS) is 15.1. The highest BCUT2D eigenvalue weighted by atomic mass is 35.5. The van der Waals surface area contributed by atoms with Crippen molar-refractivity contribution in [3.05, 3.63) is 86.3 Å². The van der Waals surface area contributed by atoms with E-state index in [1.54, 1.807) is 15.8 Å². The molecule has 2 aromatic carbocycles. The SMILES string of the molecule is CCN1C(=O)Cc2cc(Nc3nc(N4CCC(Nc5ccc6c(-n7ccc(=O)[nH]c7=O)nn(C)c6c5)CC4)ncc3Cl)ccc21. The number of carbonyl (C=O) groups excluding carboxylic acids is 1. The van der Waals surface area contributed by atoms with Crippen LogP contribution in [0, 0.1) is 0 Å². The van der Waals surface area contributed by atoms with Crippen molar-refractivity contribution >= 4 is 57.2 Å². The quantitative estimate of drug-likeness (QED) is 0.247. The molecule has 1 saturated heterocycles. The Bertz CT molecular complexity index is 2060. The summed E-state index contributed by atoms with van der Waals surface area (Å²) in [6.45, 7) is 4.15. The van der Waals surface area contributed by atoms with Gasteiger partial charge in [-0.3, -0.25) is 23.8 Å². The number of aromatic amines is 1. The van der Waals surface area contributed by atoms with Crippen LogP contribution in [-0.4, -0.2) is 60.9 Å². The lowest BCUT2D eigenvalue weighted by atomic mass is 10.0. The van der Waals surface area contributed by atoms with Gasteiger partial charge in [0, 0.05) is 67.4 Å². The molecule has 2 aliphatic heterocycles. The number of H-pyrrole nitrogens is 1. The van der Waals surface area contributed by atoms with Crippen LogP contribution in [-0.2, 0) is 18.3 Å². The first-order valence-corrected chi connectivity index (χ1v) is 15.2. The summed E-state index contributed by atoms with van der Waals surface area (Å²) >= 11 is 6.47. The number of fused-ring (bicyclic) bond motifs is 2. The molecule has 3 N–H and O–H groups in total. The number of piperidine rings is 1. The molecule has 1 fully saturated rings. The Labute approximate surface area is 262 Å². The molecule has 0 bridgehead atoms. The summed E-state index contributed by atoms with van der Waals surface area (Å²) in [6, 6.07) is 13.3. The van der Waals surface area contributed by atoms with E-state index in [9.17, 15) is 14.4 Å². The van der Waals surface area contributed by atoms with Gasteiger partial charge < -0.3 is 20.4 Å². The van der Waals surface area contributed by atoms with Gasteiger partial charge in [-0.25, -0.2) is 9.78 Å². The van der Waals surface area contributed by atoms with E-state index in [0.717, 1.165) is 59.5 Å². The fourth-order valence-corrected chi connectivity index (χ4v) is 6.23. The van der Waals surface area contributed by atoms with Gasteiger partial charge in [-0.15, -0.1) is 0 Å². The highest BCUT2D eigenvalue weighted by Crippen LogP contribution is 2.33. The largest absolute Gasteiger partial charge is 0.382 e. The summed E-state index contributed by atoms with van der Waals surface area (Å²) in [7, 11) is 1.82. The van der Waals surface area contributed by atoms with Gasteiger partial charge in [0.25, 0.3) is 5.56 Å². The average Bonchev–Trinajstić information content (AvgIpc) is 3.53. The number of amides is 1. The van der Waals surface area contributed by atoms with Crippen LogP contribution in [0.5, 0.6) is 0 Å². The van der Waals surface area contributed by atoms with E-state index >= 15 is 0 Å². The van der Waals surface area contributed by atoms with Crippen molar-refractivity contribution < 1.29 is 4.79 Å². The first kappa shape index (κ1) is 28.6. The Kier molecular flexibility index (Phi) is 7.24. The van der Waals surface area contributed by atoms with Crippen LogP contribution in [0.4, 0.5) is 28.8 Å². The minimum absolute atomic E-state index is 0.109. The fraction of sp³-hybridized carbons (Fsp3) is 0.290.